The number of carbonyl (C=O) groups excluding carboxylic acids is 1. The van der Waals surface area contributed by atoms with Crippen LogP contribution in [0, 0.1) is 6.92 Å². The molecule has 1 N–H and O–H groups in total. The fraction of sp³-hybridized carbons (Fsp3) is 0.174. The van der Waals surface area contributed by atoms with E-state index in [0.29, 0.717) is 30.9 Å². The van der Waals surface area contributed by atoms with Gasteiger partial charge in [0.1, 0.15) is 5.75 Å². The van der Waals surface area contributed by atoms with Crippen LogP contribution < -0.4 is 10.1 Å². The van der Waals surface area contributed by atoms with E-state index in [9.17, 15) is 13.2 Å². The van der Waals surface area contributed by atoms with Gasteiger partial charge in [0.05, 0.1) is 4.90 Å². The molecule has 6 nitrogen and oxygen atoms in total. The molecule has 3 aromatic carbocycles. The molecule has 0 radical (unpaired) electrons. The standard InChI is InChI=1S/C23H22N2O4S/c1-17-5-4-8-21(15-17)29-23(26)24-20-9-11-22(12-10-20)30(27,28)25-14-13-18-6-2-3-7-19(18)16-25/h2-12,15H,13-14,16H2,1H3,(H,24,26). The molecular formula is C23H22N2O4S. The number of hydrogen-bond donors (Lipinski definition) is 1. The van der Waals surface area contributed by atoms with E-state index in [4.69, 9.17) is 4.74 Å². The number of anilines is 1. The molecular weight excluding hydrogens is 400 g/mol. The summed E-state index contributed by atoms with van der Waals surface area (Å²) < 4.78 is 32.8. The van der Waals surface area contributed by atoms with Crippen LogP contribution in [0.4, 0.5) is 10.5 Å². The Morgan fingerprint density at radius 2 is 1.70 bits per heavy atom. The number of amides is 1. The molecule has 1 aliphatic rings. The maximum atomic E-state index is 13.0. The molecule has 4 rings (SSSR count). The van der Waals surface area contributed by atoms with E-state index < -0.39 is 16.1 Å². The minimum Gasteiger partial charge on any atom is -0.410 e. The molecule has 0 saturated carbocycles. The number of aryl methyl sites for hydroxylation is 1. The van der Waals surface area contributed by atoms with Crippen LogP contribution in [0.25, 0.3) is 0 Å². The van der Waals surface area contributed by atoms with E-state index in [1.807, 2.05) is 37.3 Å². The summed E-state index contributed by atoms with van der Waals surface area (Å²) in [7, 11) is -3.61. The van der Waals surface area contributed by atoms with Crippen molar-refractivity contribution in [1.29, 1.82) is 0 Å². The molecule has 30 heavy (non-hydrogen) atoms. The monoisotopic (exact) mass is 422 g/mol. The van der Waals surface area contributed by atoms with Crippen molar-refractivity contribution in [3.63, 3.8) is 0 Å². The van der Waals surface area contributed by atoms with Gasteiger partial charge >= 0.3 is 6.09 Å². The van der Waals surface area contributed by atoms with Gasteiger partial charge in [-0.25, -0.2) is 13.2 Å². The molecule has 1 aliphatic heterocycles. The summed E-state index contributed by atoms with van der Waals surface area (Å²) in [5, 5.41) is 2.61. The second-order valence-corrected chi connectivity index (χ2v) is 9.15. The quantitative estimate of drug-likeness (QED) is 0.678. The number of hydrogen-bond acceptors (Lipinski definition) is 4. The lowest BCUT2D eigenvalue weighted by atomic mass is 10.0. The van der Waals surface area contributed by atoms with Crippen molar-refractivity contribution < 1.29 is 17.9 Å². The Kier molecular flexibility index (Phi) is 5.57. The first-order valence-corrected chi connectivity index (χ1v) is 11.1. The lowest BCUT2D eigenvalue weighted by molar-refractivity contribution is 0.215. The third kappa shape index (κ3) is 4.37. The van der Waals surface area contributed by atoms with Gasteiger partial charge in [-0.1, -0.05) is 36.4 Å². The molecule has 0 saturated heterocycles. The van der Waals surface area contributed by atoms with Crippen molar-refractivity contribution in [1.82, 2.24) is 4.31 Å². The highest BCUT2D eigenvalue weighted by molar-refractivity contribution is 7.89. The molecule has 0 spiro atoms. The van der Waals surface area contributed by atoms with E-state index in [1.165, 1.54) is 22.0 Å². The first-order chi connectivity index (χ1) is 14.4. The van der Waals surface area contributed by atoms with Gasteiger partial charge < -0.3 is 4.74 Å². The predicted octanol–water partition coefficient (Wildman–Crippen LogP) is 4.35. The van der Waals surface area contributed by atoms with Crippen LogP contribution in [0.1, 0.15) is 16.7 Å². The zero-order valence-corrected chi connectivity index (χ0v) is 17.4. The largest absolute Gasteiger partial charge is 0.417 e. The third-order valence-corrected chi connectivity index (χ3v) is 6.89. The minimum absolute atomic E-state index is 0.194. The van der Waals surface area contributed by atoms with Crippen LogP contribution in [-0.2, 0) is 23.0 Å². The average molecular weight is 423 g/mol. The number of nitrogens with one attached hydrogen (secondary N) is 1. The summed E-state index contributed by atoms with van der Waals surface area (Å²) in [6.45, 7) is 2.72. The first kappa shape index (κ1) is 20.1. The summed E-state index contributed by atoms with van der Waals surface area (Å²) in [4.78, 5) is 12.3. The highest BCUT2D eigenvalue weighted by Crippen LogP contribution is 2.25. The molecule has 0 fully saturated rings. The Balaban J connectivity index is 1.43. The zero-order chi connectivity index (χ0) is 21.1. The third-order valence-electron chi connectivity index (χ3n) is 5.03. The fourth-order valence-corrected chi connectivity index (χ4v) is 4.88. The van der Waals surface area contributed by atoms with Gasteiger partial charge in [0.15, 0.2) is 0 Å². The van der Waals surface area contributed by atoms with Crippen molar-refractivity contribution in [2.45, 2.75) is 24.8 Å². The highest BCUT2D eigenvalue weighted by Gasteiger charge is 2.28. The number of carbonyl (C=O) groups is 1. The van der Waals surface area contributed by atoms with Crippen LogP contribution in [0.2, 0.25) is 0 Å². The number of sulfonamides is 1. The van der Waals surface area contributed by atoms with E-state index in [-0.39, 0.29) is 4.90 Å². The molecule has 0 aromatic heterocycles. The topological polar surface area (TPSA) is 75.7 Å². The van der Waals surface area contributed by atoms with E-state index >= 15 is 0 Å². The van der Waals surface area contributed by atoms with Crippen LogP contribution in [-0.4, -0.2) is 25.4 Å². The zero-order valence-electron chi connectivity index (χ0n) is 16.5. The maximum absolute atomic E-state index is 13.0. The first-order valence-electron chi connectivity index (χ1n) is 9.64. The van der Waals surface area contributed by atoms with Crippen molar-refractivity contribution >= 4 is 21.8 Å². The smallest absolute Gasteiger partial charge is 0.410 e. The lowest BCUT2D eigenvalue weighted by Crippen LogP contribution is -2.35. The predicted molar refractivity (Wildman–Crippen MR) is 115 cm³/mol. The lowest BCUT2D eigenvalue weighted by Gasteiger charge is -2.28. The number of benzene rings is 3. The second-order valence-electron chi connectivity index (χ2n) is 7.21. The summed E-state index contributed by atoms with van der Waals surface area (Å²) >= 11 is 0. The number of rotatable bonds is 4. The van der Waals surface area contributed by atoms with Crippen molar-refractivity contribution in [2.75, 3.05) is 11.9 Å². The van der Waals surface area contributed by atoms with Gasteiger partial charge in [0, 0.05) is 18.8 Å². The van der Waals surface area contributed by atoms with Crippen molar-refractivity contribution in [2.24, 2.45) is 0 Å². The van der Waals surface area contributed by atoms with E-state index in [1.54, 1.807) is 30.3 Å². The number of nitrogens with zero attached hydrogens (tertiary/aromatic N) is 1. The maximum Gasteiger partial charge on any atom is 0.417 e. The molecule has 0 aliphatic carbocycles. The molecule has 154 valence electrons. The van der Waals surface area contributed by atoms with Gasteiger partial charge in [-0.2, -0.15) is 4.31 Å². The summed E-state index contributed by atoms with van der Waals surface area (Å²) in [5.74, 6) is 0.442. The molecule has 3 aromatic rings. The highest BCUT2D eigenvalue weighted by atomic mass is 32.2. The van der Waals surface area contributed by atoms with Gasteiger partial charge in [-0.3, -0.25) is 5.32 Å². The SMILES string of the molecule is Cc1cccc(OC(=O)Nc2ccc(S(=O)(=O)N3CCc4ccccc4C3)cc2)c1. The molecule has 0 atom stereocenters. The van der Waals surface area contributed by atoms with Crippen LogP contribution >= 0.6 is 0 Å². The Morgan fingerprint density at radius 3 is 2.43 bits per heavy atom. The summed E-state index contributed by atoms with van der Waals surface area (Å²) in [6.07, 6.45) is 0.0590. The minimum atomic E-state index is -3.61. The Labute approximate surface area is 176 Å². The second kappa shape index (κ2) is 8.30. The van der Waals surface area contributed by atoms with Crippen LogP contribution in [0.15, 0.2) is 77.7 Å². The van der Waals surface area contributed by atoms with Crippen LogP contribution in [0.3, 0.4) is 0 Å². The Hall–Kier alpha value is -3.16. The van der Waals surface area contributed by atoms with Gasteiger partial charge in [-0.15, -0.1) is 0 Å². The van der Waals surface area contributed by atoms with Gasteiger partial charge in [0.25, 0.3) is 0 Å². The molecule has 1 amide bonds. The Bertz CT molecular complexity index is 1170. The van der Waals surface area contributed by atoms with Gasteiger partial charge in [-0.05, 0) is 66.4 Å². The van der Waals surface area contributed by atoms with E-state index in [0.717, 1.165) is 11.1 Å². The summed E-state index contributed by atoms with van der Waals surface area (Å²) in [6, 6.07) is 21.2. The molecule has 7 heteroatoms. The van der Waals surface area contributed by atoms with Crippen molar-refractivity contribution in [3.05, 3.63) is 89.5 Å². The molecule has 0 unspecified atom stereocenters. The Morgan fingerprint density at radius 1 is 0.967 bits per heavy atom. The van der Waals surface area contributed by atoms with E-state index in [2.05, 4.69) is 5.32 Å². The summed E-state index contributed by atoms with van der Waals surface area (Å²) in [5.41, 5.74) is 3.66. The van der Waals surface area contributed by atoms with Crippen LogP contribution in [0.5, 0.6) is 5.75 Å². The average Bonchev–Trinajstić information content (AvgIpc) is 2.73. The van der Waals surface area contributed by atoms with Crippen molar-refractivity contribution in [3.8, 4) is 5.75 Å². The normalized spacial score (nSPS) is 14.0. The van der Waals surface area contributed by atoms with Gasteiger partial charge in [0.2, 0.25) is 10.0 Å². The number of fused-ring (bicyclic) bond motifs is 1. The fourth-order valence-electron chi connectivity index (χ4n) is 3.46. The number of ether oxygens (including phenoxy) is 1. The molecule has 0 bridgehead atoms. The molecule has 1 heterocycles.